The third-order valence-electron chi connectivity index (χ3n) is 16.6. The second-order valence-corrected chi connectivity index (χ2v) is 24.3. The predicted molar refractivity (Wildman–Crippen MR) is 345 cm³/mol. The highest BCUT2D eigenvalue weighted by atomic mass is 16.3. The smallest absolute Gasteiger partial charge is 0.220 e. The van der Waals surface area contributed by atoms with Gasteiger partial charge in [0.05, 0.1) is 18.8 Å². The fourth-order valence-corrected chi connectivity index (χ4v) is 11.2. The summed E-state index contributed by atoms with van der Waals surface area (Å²) in [6.07, 6.45) is 96.3. The highest BCUT2D eigenvalue weighted by Crippen LogP contribution is 2.19. The summed E-state index contributed by atoms with van der Waals surface area (Å²) in [4.78, 5) is 12.5. The summed E-state index contributed by atoms with van der Waals surface area (Å²) in [7, 11) is 0. The summed E-state index contributed by atoms with van der Waals surface area (Å²) in [5.74, 6) is -0.0556. The molecule has 77 heavy (non-hydrogen) atoms. The van der Waals surface area contributed by atoms with Crippen LogP contribution in [0, 0.1) is 0 Å². The second-order valence-electron chi connectivity index (χ2n) is 24.3. The Labute approximate surface area is 484 Å². The van der Waals surface area contributed by atoms with Gasteiger partial charge in [-0.3, -0.25) is 4.79 Å². The van der Waals surface area contributed by atoms with E-state index < -0.39 is 12.1 Å². The van der Waals surface area contributed by atoms with Crippen LogP contribution in [-0.2, 0) is 4.79 Å². The molecule has 0 aromatic rings. The number of hydrogen-bond donors (Lipinski definition) is 3. The molecule has 0 aliphatic rings. The Morgan fingerprint density at radius 3 is 0.792 bits per heavy atom. The van der Waals surface area contributed by atoms with Crippen LogP contribution in [0.2, 0.25) is 0 Å². The molecule has 0 spiro atoms. The topological polar surface area (TPSA) is 69.6 Å². The number of rotatable bonds is 66. The van der Waals surface area contributed by atoms with Crippen LogP contribution in [0.15, 0.2) is 48.6 Å². The third-order valence-corrected chi connectivity index (χ3v) is 16.6. The van der Waals surface area contributed by atoms with E-state index >= 15 is 0 Å². The van der Waals surface area contributed by atoms with Gasteiger partial charge < -0.3 is 15.5 Å². The number of aliphatic hydroxyl groups excluding tert-OH is 2. The Hall–Kier alpha value is -1.65. The first-order chi connectivity index (χ1) is 38.2. The molecule has 2 atom stereocenters. The zero-order chi connectivity index (χ0) is 55.5. The first-order valence-corrected chi connectivity index (χ1v) is 35.4. The third kappa shape index (κ3) is 65.0. The maximum Gasteiger partial charge on any atom is 0.220 e. The molecule has 0 bridgehead atoms. The number of carbonyl (C=O) groups excluding carboxylic acids is 1. The zero-order valence-corrected chi connectivity index (χ0v) is 52.5. The van der Waals surface area contributed by atoms with Crippen LogP contribution in [0.4, 0.5) is 0 Å². The molecule has 2 unspecified atom stereocenters. The summed E-state index contributed by atoms with van der Waals surface area (Å²) >= 11 is 0. The van der Waals surface area contributed by atoms with E-state index in [2.05, 4.69) is 55.6 Å². The summed E-state index contributed by atoms with van der Waals surface area (Å²) in [5, 5.41) is 23.3. The molecule has 0 aromatic carbocycles. The van der Waals surface area contributed by atoms with Crippen LogP contribution in [0.25, 0.3) is 0 Å². The monoisotopic (exact) mass is 1080 g/mol. The van der Waals surface area contributed by atoms with Crippen molar-refractivity contribution in [2.24, 2.45) is 0 Å². The lowest BCUT2D eigenvalue weighted by Crippen LogP contribution is -2.45. The van der Waals surface area contributed by atoms with Gasteiger partial charge in [-0.25, -0.2) is 0 Å². The number of aliphatic hydroxyl groups is 2. The van der Waals surface area contributed by atoms with Crippen molar-refractivity contribution < 1.29 is 15.0 Å². The van der Waals surface area contributed by atoms with Crippen molar-refractivity contribution in [3.05, 3.63) is 48.6 Å². The minimum atomic E-state index is -0.839. The van der Waals surface area contributed by atoms with Crippen LogP contribution < -0.4 is 5.32 Å². The molecule has 4 heteroatoms. The summed E-state index contributed by atoms with van der Waals surface area (Å²) in [6.45, 7) is 4.34. The van der Waals surface area contributed by atoms with Crippen molar-refractivity contribution in [2.75, 3.05) is 6.61 Å². The molecule has 0 radical (unpaired) electrons. The first kappa shape index (κ1) is 75.3. The van der Waals surface area contributed by atoms with Crippen molar-refractivity contribution in [1.29, 1.82) is 0 Å². The van der Waals surface area contributed by atoms with Gasteiger partial charge in [-0.15, -0.1) is 0 Å². The van der Waals surface area contributed by atoms with Crippen LogP contribution in [0.5, 0.6) is 0 Å². The van der Waals surface area contributed by atoms with Crippen molar-refractivity contribution >= 4 is 5.91 Å². The molecule has 0 rings (SSSR count). The van der Waals surface area contributed by atoms with Crippen molar-refractivity contribution in [3.63, 3.8) is 0 Å². The summed E-state index contributed by atoms with van der Waals surface area (Å²) in [5.41, 5.74) is 0. The van der Waals surface area contributed by atoms with E-state index in [1.165, 1.54) is 334 Å². The Kier molecular flexibility index (Phi) is 67.2. The Morgan fingerprint density at radius 1 is 0.312 bits per heavy atom. The van der Waals surface area contributed by atoms with Crippen molar-refractivity contribution in [3.8, 4) is 0 Å². The minimum absolute atomic E-state index is 0.0556. The number of allylic oxidation sites excluding steroid dienone is 7. The van der Waals surface area contributed by atoms with E-state index in [1.807, 2.05) is 6.08 Å². The molecule has 0 aliphatic heterocycles. The molecule has 0 saturated carbocycles. The molecule has 0 aromatic heterocycles. The van der Waals surface area contributed by atoms with Crippen LogP contribution >= 0.6 is 0 Å². The number of nitrogens with one attached hydrogen (secondary N) is 1. The van der Waals surface area contributed by atoms with Crippen molar-refractivity contribution in [2.45, 2.75) is 405 Å². The SMILES string of the molecule is CCCCCCC/C=C\C/C=C\C/C=C\CCCCCCCCCCCCCCCCCCCCCCCCCCCCC(=O)NC(CO)C(O)/C=C/CCCCCCCCCCCCCCCCCCCCCCCC. The first-order valence-electron chi connectivity index (χ1n) is 35.4. The molecule has 1 amide bonds. The summed E-state index contributed by atoms with van der Waals surface area (Å²) < 4.78 is 0. The maximum absolute atomic E-state index is 12.5. The molecule has 454 valence electrons. The van der Waals surface area contributed by atoms with Gasteiger partial charge in [0.15, 0.2) is 0 Å². The normalized spacial score (nSPS) is 12.9. The highest BCUT2D eigenvalue weighted by Gasteiger charge is 2.18. The van der Waals surface area contributed by atoms with Gasteiger partial charge in [0.25, 0.3) is 0 Å². The molecule has 0 aliphatic carbocycles. The van der Waals surface area contributed by atoms with Gasteiger partial charge in [-0.05, 0) is 57.8 Å². The van der Waals surface area contributed by atoms with Gasteiger partial charge in [-0.2, -0.15) is 0 Å². The van der Waals surface area contributed by atoms with Gasteiger partial charge in [-0.1, -0.05) is 377 Å². The lowest BCUT2D eigenvalue weighted by Gasteiger charge is -2.20. The Morgan fingerprint density at radius 2 is 0.532 bits per heavy atom. The van der Waals surface area contributed by atoms with Gasteiger partial charge in [0, 0.05) is 6.42 Å². The van der Waals surface area contributed by atoms with Gasteiger partial charge in [0.2, 0.25) is 5.91 Å². The lowest BCUT2D eigenvalue weighted by atomic mass is 10.0. The van der Waals surface area contributed by atoms with E-state index in [4.69, 9.17) is 0 Å². The largest absolute Gasteiger partial charge is 0.394 e. The van der Waals surface area contributed by atoms with E-state index in [0.29, 0.717) is 6.42 Å². The van der Waals surface area contributed by atoms with Crippen molar-refractivity contribution in [1.82, 2.24) is 5.32 Å². The fraction of sp³-hybridized carbons (Fsp3) is 0.877. The number of carbonyl (C=O) groups is 1. The predicted octanol–water partition coefficient (Wildman–Crippen LogP) is 24.1. The number of hydrogen-bond acceptors (Lipinski definition) is 3. The average molecular weight is 1080 g/mol. The standard InChI is InChI=1S/C73H139NO3/c1-3-5-7-9-11-13-15-17-19-21-23-25-27-29-30-31-32-33-34-35-36-37-38-39-40-41-42-43-44-45-47-49-51-53-55-57-59-61-63-65-67-69-73(77)74-71(70-75)72(76)68-66-64-62-60-58-56-54-52-50-48-46-28-26-24-22-20-18-16-14-12-10-8-6-4-2/h15,17,21,23,27,29,66,68,71-72,75-76H,3-14,16,18-20,22,24-26,28,30-65,67,69-70H2,1-2H3,(H,74,77)/b17-15-,23-21-,29-27-,68-66+. The number of unbranched alkanes of at least 4 members (excludes halogenated alkanes) is 53. The van der Waals surface area contributed by atoms with E-state index in [0.717, 1.165) is 38.5 Å². The van der Waals surface area contributed by atoms with Crippen LogP contribution in [0.1, 0.15) is 393 Å². The maximum atomic E-state index is 12.5. The Balaban J connectivity index is 3.40. The molecular formula is C73H139NO3. The van der Waals surface area contributed by atoms with Crippen LogP contribution in [-0.4, -0.2) is 34.9 Å². The molecule has 3 N–H and O–H groups in total. The van der Waals surface area contributed by atoms with Gasteiger partial charge in [0.1, 0.15) is 0 Å². The second kappa shape index (κ2) is 68.6. The van der Waals surface area contributed by atoms with Gasteiger partial charge >= 0.3 is 0 Å². The fourth-order valence-electron chi connectivity index (χ4n) is 11.2. The Bertz CT molecular complexity index is 1220. The molecule has 0 saturated heterocycles. The lowest BCUT2D eigenvalue weighted by molar-refractivity contribution is -0.123. The van der Waals surface area contributed by atoms with E-state index in [-0.39, 0.29) is 12.5 Å². The average Bonchev–Trinajstić information content (AvgIpc) is 3.43. The quantitative estimate of drug-likeness (QED) is 0.0420. The van der Waals surface area contributed by atoms with E-state index in [9.17, 15) is 15.0 Å². The highest BCUT2D eigenvalue weighted by molar-refractivity contribution is 5.76. The molecule has 0 fully saturated rings. The summed E-state index contributed by atoms with van der Waals surface area (Å²) in [6, 6.07) is -0.622. The van der Waals surface area contributed by atoms with E-state index in [1.54, 1.807) is 6.08 Å². The molecule has 0 heterocycles. The molecule has 4 nitrogen and oxygen atoms in total. The minimum Gasteiger partial charge on any atom is -0.394 e. The molecular weight excluding hydrogens is 939 g/mol. The van der Waals surface area contributed by atoms with Crippen LogP contribution in [0.3, 0.4) is 0 Å². The number of amides is 1. The zero-order valence-electron chi connectivity index (χ0n) is 52.5.